The fourth-order valence-electron chi connectivity index (χ4n) is 12.6. The summed E-state index contributed by atoms with van der Waals surface area (Å²) in [4.78, 5) is 23.9. The summed E-state index contributed by atoms with van der Waals surface area (Å²) in [5, 5.41) is 22.0. The van der Waals surface area contributed by atoms with Crippen molar-refractivity contribution in [3.8, 4) is 6.07 Å². The quantitative estimate of drug-likeness (QED) is 0.267. The number of aliphatic hydroxyl groups is 1. The number of hydrogen-bond donors (Lipinski definition) is 1. The van der Waals surface area contributed by atoms with Gasteiger partial charge >= 0.3 is 0 Å². The highest BCUT2D eigenvalue weighted by Crippen LogP contribution is 2.74. The summed E-state index contributed by atoms with van der Waals surface area (Å²) in [6.07, 6.45) is 12.6. The second-order valence-corrected chi connectivity index (χ2v) is 18.6. The molecule has 9 atom stereocenters. The summed E-state index contributed by atoms with van der Waals surface area (Å²) in [5.74, 6) is 1.84. The second kappa shape index (κ2) is 9.66. The lowest BCUT2D eigenvalue weighted by Gasteiger charge is -2.66. The molecule has 0 bridgehead atoms. The van der Waals surface area contributed by atoms with Crippen LogP contribution in [0.4, 0.5) is 0 Å². The lowest BCUT2D eigenvalue weighted by molar-refractivity contribution is -0.409. The monoisotopic (exact) mass is 615 g/mol. The molecule has 1 aromatic carbocycles. The normalized spacial score (nSPS) is 47.5. The van der Waals surface area contributed by atoms with Crippen LogP contribution in [-0.2, 0) is 31.6 Å². The van der Waals surface area contributed by atoms with Crippen molar-refractivity contribution in [2.24, 2.45) is 39.4 Å². The molecule has 1 aromatic rings. The fourth-order valence-corrected chi connectivity index (χ4v) is 12.6. The first-order chi connectivity index (χ1) is 21.2. The van der Waals surface area contributed by atoms with Crippen molar-refractivity contribution in [2.45, 2.75) is 135 Å². The number of nitriles is 1. The average Bonchev–Trinajstić information content (AvgIpc) is 3.21. The Morgan fingerprint density at radius 1 is 0.933 bits per heavy atom. The predicted octanol–water partition coefficient (Wildman–Crippen LogP) is 8.23. The highest BCUT2D eigenvalue weighted by molar-refractivity contribution is 5.46. The molecule has 5 aliphatic carbocycles. The molecule has 0 amide bonds. The molecule has 8 rings (SSSR count). The van der Waals surface area contributed by atoms with E-state index in [1.165, 1.54) is 16.7 Å². The molecule has 3 saturated carbocycles. The summed E-state index contributed by atoms with van der Waals surface area (Å²) in [6.45, 7) is 14.9. The highest BCUT2D eigenvalue weighted by Gasteiger charge is 2.69. The van der Waals surface area contributed by atoms with Crippen LogP contribution in [0.1, 0.15) is 128 Å². The van der Waals surface area contributed by atoms with E-state index in [0.29, 0.717) is 36.9 Å². The summed E-state index contributed by atoms with van der Waals surface area (Å²) in [5.41, 5.74) is 3.96. The van der Waals surface area contributed by atoms with Crippen LogP contribution in [0.15, 0.2) is 29.8 Å². The Kier molecular flexibility index (Phi) is 6.57. The Labute approximate surface area is 269 Å². The summed E-state index contributed by atoms with van der Waals surface area (Å²) in [6, 6.07) is 9.53. The van der Waals surface area contributed by atoms with Gasteiger partial charge < -0.3 is 5.11 Å². The van der Waals surface area contributed by atoms with Crippen molar-refractivity contribution in [3.63, 3.8) is 0 Å². The molecule has 1 N–H and O–H groups in total. The van der Waals surface area contributed by atoms with E-state index in [-0.39, 0.29) is 33.7 Å². The van der Waals surface area contributed by atoms with Gasteiger partial charge in [-0.05, 0) is 121 Å². The van der Waals surface area contributed by atoms with E-state index in [0.717, 1.165) is 64.2 Å². The van der Waals surface area contributed by atoms with Crippen LogP contribution in [0.25, 0.3) is 0 Å². The van der Waals surface area contributed by atoms with Gasteiger partial charge in [0.15, 0.2) is 0 Å². The van der Waals surface area contributed by atoms with Crippen LogP contribution in [-0.4, -0.2) is 29.5 Å². The number of nitrogens with zero attached hydrogens (tertiary/aromatic N) is 1. The summed E-state index contributed by atoms with van der Waals surface area (Å²) < 4.78 is 0. The largest absolute Gasteiger partial charge is 0.388 e. The number of fused-ring (bicyclic) bond motifs is 4. The van der Waals surface area contributed by atoms with Gasteiger partial charge in [-0.15, -0.1) is 0 Å². The third-order valence-electron chi connectivity index (χ3n) is 14.3. The molecular formula is C39H53NO5. The molecule has 5 fully saturated rings. The second-order valence-electron chi connectivity index (χ2n) is 18.6. The molecular weight excluding hydrogens is 562 g/mol. The van der Waals surface area contributed by atoms with Crippen LogP contribution < -0.4 is 0 Å². The SMILES string of the molecule is CC1(C)COOC2(CC[C@@]34Cc5cc(C6(C)CC(C)(C)COO6)ccc5[C@H]5C[C@@]6(C)[C@@H](CC[C@@]6(O)CC#N)[C@H](CC=C3C2)[C@H]54)C1. The third-order valence-corrected chi connectivity index (χ3v) is 14.3. The lowest BCUT2D eigenvalue weighted by atomic mass is 9.39. The van der Waals surface area contributed by atoms with Gasteiger partial charge in [0.2, 0.25) is 0 Å². The standard InChI is InChI=1S/C39H53NO5/c1-33(2)21-36(6,44-42-23-33)26-7-9-28-25(17-26)18-38-14-13-37(22-34(3,4)24-43-45-37)19-27(38)8-10-29-31-11-12-39(41,15-16-40)35(31,5)20-30(28)32(29)38/h7-9,17,29-32,41H,10-15,18-24H2,1-6H3/t29-,30+,31-,32+,35-,36?,37?,38+,39+/m0/s1. The zero-order valence-electron chi connectivity index (χ0n) is 28.3. The molecule has 6 heteroatoms. The zero-order valence-corrected chi connectivity index (χ0v) is 28.3. The molecule has 7 aliphatic rings. The van der Waals surface area contributed by atoms with Gasteiger partial charge in [0.1, 0.15) is 11.2 Å². The lowest BCUT2D eigenvalue weighted by Crippen LogP contribution is -2.61. The van der Waals surface area contributed by atoms with Crippen molar-refractivity contribution >= 4 is 0 Å². The van der Waals surface area contributed by atoms with Gasteiger partial charge in [-0.3, -0.25) is 0 Å². The van der Waals surface area contributed by atoms with E-state index in [9.17, 15) is 10.4 Å². The molecule has 2 unspecified atom stereocenters. The Hall–Kier alpha value is -1.75. The topological polar surface area (TPSA) is 80.9 Å². The minimum Gasteiger partial charge on any atom is -0.388 e. The molecule has 2 saturated heterocycles. The number of benzene rings is 1. The predicted molar refractivity (Wildman–Crippen MR) is 170 cm³/mol. The van der Waals surface area contributed by atoms with E-state index < -0.39 is 11.2 Å². The van der Waals surface area contributed by atoms with Crippen molar-refractivity contribution in [3.05, 3.63) is 46.5 Å². The Balaban J connectivity index is 1.25. The number of rotatable bonds is 2. The first-order valence-electron chi connectivity index (χ1n) is 17.7. The maximum Gasteiger partial charge on any atom is 0.126 e. The molecule has 0 radical (unpaired) electrons. The third kappa shape index (κ3) is 4.36. The Bertz CT molecular complexity index is 1480. The summed E-state index contributed by atoms with van der Waals surface area (Å²) in [7, 11) is 0. The first kappa shape index (κ1) is 30.6. The Morgan fingerprint density at radius 2 is 1.69 bits per heavy atom. The van der Waals surface area contributed by atoms with Crippen LogP contribution in [0.5, 0.6) is 0 Å². The van der Waals surface area contributed by atoms with Crippen LogP contribution in [0.3, 0.4) is 0 Å². The van der Waals surface area contributed by atoms with E-state index in [2.05, 4.69) is 71.9 Å². The minimum absolute atomic E-state index is 0.0351. The molecule has 45 heavy (non-hydrogen) atoms. The van der Waals surface area contributed by atoms with Crippen LogP contribution in [0.2, 0.25) is 0 Å². The molecule has 6 nitrogen and oxygen atoms in total. The molecule has 0 aromatic heterocycles. The van der Waals surface area contributed by atoms with Gasteiger partial charge in [-0.25, -0.2) is 19.6 Å². The van der Waals surface area contributed by atoms with Gasteiger partial charge in [0, 0.05) is 11.8 Å². The van der Waals surface area contributed by atoms with Gasteiger partial charge in [-0.1, -0.05) is 64.5 Å². The van der Waals surface area contributed by atoms with Crippen molar-refractivity contribution in [2.75, 3.05) is 13.2 Å². The average molecular weight is 616 g/mol. The number of hydrogen-bond acceptors (Lipinski definition) is 6. The van der Waals surface area contributed by atoms with Crippen molar-refractivity contribution in [1.82, 2.24) is 0 Å². The number of allylic oxidation sites excluding steroid dienone is 1. The van der Waals surface area contributed by atoms with E-state index in [4.69, 9.17) is 19.6 Å². The van der Waals surface area contributed by atoms with E-state index in [1.807, 2.05) is 0 Å². The van der Waals surface area contributed by atoms with Crippen LogP contribution in [0, 0.1) is 50.7 Å². The van der Waals surface area contributed by atoms with Gasteiger partial charge in [0.05, 0.1) is 31.3 Å². The molecule has 2 aliphatic heterocycles. The van der Waals surface area contributed by atoms with E-state index in [1.54, 1.807) is 5.57 Å². The molecule has 244 valence electrons. The summed E-state index contributed by atoms with van der Waals surface area (Å²) >= 11 is 0. The van der Waals surface area contributed by atoms with Gasteiger partial charge in [-0.2, -0.15) is 5.26 Å². The molecule has 2 spiro atoms. The maximum absolute atomic E-state index is 12.1. The fraction of sp³-hybridized carbons (Fsp3) is 0.769. The van der Waals surface area contributed by atoms with Crippen molar-refractivity contribution in [1.29, 1.82) is 5.26 Å². The smallest absolute Gasteiger partial charge is 0.126 e. The van der Waals surface area contributed by atoms with Gasteiger partial charge in [0.25, 0.3) is 0 Å². The first-order valence-corrected chi connectivity index (χ1v) is 17.7. The van der Waals surface area contributed by atoms with Crippen LogP contribution >= 0.6 is 0 Å². The maximum atomic E-state index is 12.1. The van der Waals surface area contributed by atoms with Crippen molar-refractivity contribution < 1.29 is 24.7 Å². The molecule has 2 heterocycles. The zero-order chi connectivity index (χ0) is 31.7. The highest BCUT2D eigenvalue weighted by atomic mass is 17.2. The minimum atomic E-state index is -0.923. The van der Waals surface area contributed by atoms with E-state index >= 15 is 0 Å². The Morgan fingerprint density at radius 3 is 2.42 bits per heavy atom.